The number of benzene rings is 2. The van der Waals surface area contributed by atoms with Crippen molar-refractivity contribution in [2.45, 2.75) is 26.7 Å². The third-order valence-corrected chi connectivity index (χ3v) is 4.49. The minimum absolute atomic E-state index is 0.194. The van der Waals surface area contributed by atoms with Gasteiger partial charge in [-0.05, 0) is 69.2 Å². The van der Waals surface area contributed by atoms with Gasteiger partial charge in [0.15, 0.2) is 5.11 Å². The molecule has 0 saturated carbocycles. The van der Waals surface area contributed by atoms with Crippen LogP contribution in [0.2, 0.25) is 0 Å². The molecule has 2 aromatic carbocycles. The molecule has 130 valence electrons. The molecule has 1 saturated heterocycles. The van der Waals surface area contributed by atoms with E-state index in [1.165, 1.54) is 18.5 Å². The van der Waals surface area contributed by atoms with Crippen molar-refractivity contribution < 1.29 is 4.79 Å². The Kier molecular flexibility index (Phi) is 5.34. The molecule has 0 radical (unpaired) electrons. The van der Waals surface area contributed by atoms with Gasteiger partial charge in [0.25, 0.3) is 5.91 Å². The highest BCUT2D eigenvalue weighted by Crippen LogP contribution is 2.23. The van der Waals surface area contributed by atoms with Crippen LogP contribution in [0.1, 0.15) is 34.3 Å². The molecule has 1 aliphatic rings. The molecule has 0 atom stereocenters. The van der Waals surface area contributed by atoms with E-state index in [1.54, 1.807) is 0 Å². The number of carbonyl (C=O) groups excluding carboxylic acids is 1. The number of hydrogen-bond donors (Lipinski definition) is 2. The third kappa shape index (κ3) is 4.57. The quantitative estimate of drug-likeness (QED) is 0.818. The number of anilines is 2. The smallest absolute Gasteiger partial charge is 0.257 e. The molecule has 0 bridgehead atoms. The van der Waals surface area contributed by atoms with Crippen molar-refractivity contribution in [2.75, 3.05) is 23.3 Å². The zero-order chi connectivity index (χ0) is 17.8. The van der Waals surface area contributed by atoms with Crippen LogP contribution in [-0.4, -0.2) is 24.1 Å². The van der Waals surface area contributed by atoms with Crippen molar-refractivity contribution in [1.82, 2.24) is 5.32 Å². The largest absolute Gasteiger partial charge is 0.371 e. The highest BCUT2D eigenvalue weighted by Gasteiger charge is 2.13. The van der Waals surface area contributed by atoms with Crippen LogP contribution in [-0.2, 0) is 0 Å². The average Bonchev–Trinajstić information content (AvgIpc) is 3.08. The summed E-state index contributed by atoms with van der Waals surface area (Å²) in [4.78, 5) is 14.7. The van der Waals surface area contributed by atoms with Gasteiger partial charge in [0.05, 0.1) is 0 Å². The molecular formula is C20H23N3OS. The first-order chi connectivity index (χ1) is 12.0. The maximum atomic E-state index is 12.4. The second-order valence-electron chi connectivity index (χ2n) is 6.53. The molecule has 0 unspecified atom stereocenters. The van der Waals surface area contributed by atoms with E-state index in [0.29, 0.717) is 10.7 Å². The van der Waals surface area contributed by atoms with Crippen LogP contribution >= 0.6 is 12.2 Å². The Morgan fingerprint density at radius 3 is 2.40 bits per heavy atom. The van der Waals surface area contributed by atoms with E-state index in [0.717, 1.165) is 29.9 Å². The number of rotatable bonds is 3. The van der Waals surface area contributed by atoms with Gasteiger partial charge in [0, 0.05) is 30.0 Å². The Morgan fingerprint density at radius 2 is 1.72 bits per heavy atom. The standard InChI is InChI=1S/C20H23N3OS/c1-14-10-15(2)12-16(11-14)19(24)22-20(25)21-17-6-5-7-18(13-17)23-8-3-4-9-23/h5-7,10-13H,3-4,8-9H2,1-2H3,(H2,21,22,24,25). The number of nitrogens with zero attached hydrogens (tertiary/aromatic N) is 1. The van der Waals surface area contributed by atoms with Gasteiger partial charge in [0.1, 0.15) is 0 Å². The molecule has 1 aliphatic heterocycles. The predicted octanol–water partition coefficient (Wildman–Crippen LogP) is 4.03. The van der Waals surface area contributed by atoms with E-state index in [4.69, 9.17) is 12.2 Å². The summed E-state index contributed by atoms with van der Waals surface area (Å²) in [6, 6.07) is 13.9. The van der Waals surface area contributed by atoms with Gasteiger partial charge in [-0.15, -0.1) is 0 Å². The van der Waals surface area contributed by atoms with E-state index in [-0.39, 0.29) is 5.91 Å². The van der Waals surface area contributed by atoms with Gasteiger partial charge >= 0.3 is 0 Å². The second-order valence-corrected chi connectivity index (χ2v) is 6.94. The Hall–Kier alpha value is -2.40. The first-order valence-electron chi connectivity index (χ1n) is 8.57. The summed E-state index contributed by atoms with van der Waals surface area (Å²) in [6.45, 7) is 6.14. The number of aryl methyl sites for hydroxylation is 2. The fraction of sp³-hybridized carbons (Fsp3) is 0.300. The minimum Gasteiger partial charge on any atom is -0.371 e. The molecule has 3 rings (SSSR count). The number of carbonyl (C=O) groups is 1. The van der Waals surface area contributed by atoms with Crippen LogP contribution < -0.4 is 15.5 Å². The van der Waals surface area contributed by atoms with Crippen LogP contribution in [0.4, 0.5) is 11.4 Å². The van der Waals surface area contributed by atoms with Crippen molar-refractivity contribution in [2.24, 2.45) is 0 Å². The molecule has 25 heavy (non-hydrogen) atoms. The summed E-state index contributed by atoms with van der Waals surface area (Å²) in [5.41, 5.74) is 4.80. The summed E-state index contributed by atoms with van der Waals surface area (Å²) in [5.74, 6) is -0.194. The number of nitrogens with one attached hydrogen (secondary N) is 2. The lowest BCUT2D eigenvalue weighted by Crippen LogP contribution is -2.34. The molecular weight excluding hydrogens is 330 g/mol. The van der Waals surface area contributed by atoms with E-state index >= 15 is 0 Å². The van der Waals surface area contributed by atoms with E-state index in [9.17, 15) is 4.79 Å². The summed E-state index contributed by atoms with van der Waals surface area (Å²) < 4.78 is 0. The summed E-state index contributed by atoms with van der Waals surface area (Å²) in [6.07, 6.45) is 2.48. The number of hydrogen-bond acceptors (Lipinski definition) is 3. The third-order valence-electron chi connectivity index (χ3n) is 4.29. The van der Waals surface area contributed by atoms with E-state index < -0.39 is 0 Å². The molecule has 1 heterocycles. The Balaban J connectivity index is 1.64. The van der Waals surface area contributed by atoms with Gasteiger partial charge in [-0.1, -0.05) is 23.3 Å². The fourth-order valence-electron chi connectivity index (χ4n) is 3.20. The topological polar surface area (TPSA) is 44.4 Å². The monoisotopic (exact) mass is 353 g/mol. The summed E-state index contributed by atoms with van der Waals surface area (Å²) >= 11 is 5.30. The molecule has 2 N–H and O–H groups in total. The van der Waals surface area contributed by atoms with Crippen LogP contribution in [0.3, 0.4) is 0 Å². The van der Waals surface area contributed by atoms with Crippen LogP contribution in [0.15, 0.2) is 42.5 Å². The summed E-state index contributed by atoms with van der Waals surface area (Å²) in [7, 11) is 0. The second kappa shape index (κ2) is 7.66. The average molecular weight is 353 g/mol. The van der Waals surface area contributed by atoms with Gasteiger partial charge < -0.3 is 10.2 Å². The Labute approximate surface area is 154 Å². The van der Waals surface area contributed by atoms with Crippen molar-refractivity contribution in [3.63, 3.8) is 0 Å². The molecule has 0 aromatic heterocycles. The number of amides is 1. The van der Waals surface area contributed by atoms with Gasteiger partial charge in [0.2, 0.25) is 0 Å². The van der Waals surface area contributed by atoms with E-state index in [1.807, 2.05) is 44.2 Å². The first kappa shape index (κ1) is 17.4. The zero-order valence-electron chi connectivity index (χ0n) is 14.6. The molecule has 1 fully saturated rings. The lowest BCUT2D eigenvalue weighted by atomic mass is 10.1. The molecule has 5 heteroatoms. The van der Waals surface area contributed by atoms with Crippen molar-refractivity contribution in [3.8, 4) is 0 Å². The lowest BCUT2D eigenvalue weighted by Gasteiger charge is -2.19. The molecule has 0 spiro atoms. The number of thiocarbonyl (C=S) groups is 1. The highest BCUT2D eigenvalue weighted by molar-refractivity contribution is 7.80. The fourth-order valence-corrected chi connectivity index (χ4v) is 3.41. The first-order valence-corrected chi connectivity index (χ1v) is 8.98. The van der Waals surface area contributed by atoms with Gasteiger partial charge in [-0.3, -0.25) is 10.1 Å². The van der Waals surface area contributed by atoms with Crippen LogP contribution in [0.5, 0.6) is 0 Å². The van der Waals surface area contributed by atoms with Crippen molar-refractivity contribution in [1.29, 1.82) is 0 Å². The zero-order valence-corrected chi connectivity index (χ0v) is 15.5. The Bertz CT molecular complexity index is 777. The normalized spacial score (nSPS) is 13.6. The molecule has 4 nitrogen and oxygen atoms in total. The molecule has 1 amide bonds. The highest BCUT2D eigenvalue weighted by atomic mass is 32.1. The maximum Gasteiger partial charge on any atom is 0.257 e. The minimum atomic E-state index is -0.194. The van der Waals surface area contributed by atoms with E-state index in [2.05, 4.69) is 27.7 Å². The lowest BCUT2D eigenvalue weighted by molar-refractivity contribution is 0.0977. The molecule has 0 aliphatic carbocycles. The van der Waals surface area contributed by atoms with Crippen LogP contribution in [0, 0.1) is 13.8 Å². The SMILES string of the molecule is Cc1cc(C)cc(C(=O)NC(=S)Nc2cccc(N3CCCC3)c2)c1. The van der Waals surface area contributed by atoms with Gasteiger partial charge in [-0.25, -0.2) is 0 Å². The van der Waals surface area contributed by atoms with Crippen molar-refractivity contribution in [3.05, 3.63) is 59.2 Å². The van der Waals surface area contributed by atoms with Crippen LogP contribution in [0.25, 0.3) is 0 Å². The summed E-state index contributed by atoms with van der Waals surface area (Å²) in [5, 5.41) is 6.17. The van der Waals surface area contributed by atoms with Gasteiger partial charge in [-0.2, -0.15) is 0 Å². The van der Waals surface area contributed by atoms with Crippen molar-refractivity contribution >= 4 is 34.6 Å². The Morgan fingerprint density at radius 1 is 1.04 bits per heavy atom. The maximum absolute atomic E-state index is 12.4. The molecule has 2 aromatic rings. The predicted molar refractivity (Wildman–Crippen MR) is 107 cm³/mol.